The lowest BCUT2D eigenvalue weighted by Crippen LogP contribution is -2.44. The Labute approximate surface area is 133 Å². The Kier molecular flexibility index (Phi) is 7.76. The fraction of sp³-hybridized carbons (Fsp3) is 0.375. The van der Waals surface area contributed by atoms with E-state index in [1.54, 1.807) is 12.1 Å². The van der Waals surface area contributed by atoms with Gasteiger partial charge in [0, 0.05) is 6.42 Å². The molecule has 0 saturated carbocycles. The minimum atomic E-state index is -1.20. The van der Waals surface area contributed by atoms with Crippen LogP contribution in [0.1, 0.15) is 12.0 Å². The molecule has 0 radical (unpaired) electrons. The summed E-state index contributed by atoms with van der Waals surface area (Å²) in [6, 6.07) is 3.50. The van der Waals surface area contributed by atoms with Gasteiger partial charge in [-0.15, -0.1) is 6.58 Å². The zero-order chi connectivity index (χ0) is 17.2. The zero-order valence-electron chi connectivity index (χ0n) is 12.9. The zero-order valence-corrected chi connectivity index (χ0v) is 12.9. The van der Waals surface area contributed by atoms with Gasteiger partial charge in [-0.05, 0) is 18.1 Å². The Balaban J connectivity index is 2.55. The topological polar surface area (TPSA) is 84.9 Å². The fourth-order valence-electron chi connectivity index (χ4n) is 1.87. The van der Waals surface area contributed by atoms with E-state index < -0.39 is 23.7 Å². The van der Waals surface area contributed by atoms with Gasteiger partial charge in [0.05, 0.1) is 20.3 Å². The number of halogens is 1. The standard InChI is InChI=1S/C16H20FNO5/c1-3-9-23-10-12(16(20)21)18-14(19)8-7-11-5-4-6-13(22-2)15(11)17/h3-6,12H,1,7-10H2,2H3,(H,18,19)(H,20,21). The molecule has 23 heavy (non-hydrogen) atoms. The van der Waals surface area contributed by atoms with E-state index in [2.05, 4.69) is 11.9 Å². The van der Waals surface area contributed by atoms with Crippen LogP contribution < -0.4 is 10.1 Å². The number of aliphatic carboxylic acids is 1. The normalized spacial score (nSPS) is 11.6. The molecule has 0 aliphatic carbocycles. The highest BCUT2D eigenvalue weighted by atomic mass is 19.1. The molecular formula is C16H20FNO5. The Morgan fingerprint density at radius 3 is 2.83 bits per heavy atom. The van der Waals surface area contributed by atoms with E-state index in [9.17, 15) is 14.0 Å². The maximum absolute atomic E-state index is 13.9. The summed E-state index contributed by atoms with van der Waals surface area (Å²) in [5.41, 5.74) is 0.328. The minimum Gasteiger partial charge on any atom is -0.494 e. The van der Waals surface area contributed by atoms with Gasteiger partial charge in [-0.3, -0.25) is 4.79 Å². The Hall–Kier alpha value is -2.41. The van der Waals surface area contributed by atoms with E-state index in [0.717, 1.165) is 0 Å². The van der Waals surface area contributed by atoms with Crippen LogP contribution in [0.3, 0.4) is 0 Å². The molecule has 0 aromatic heterocycles. The van der Waals surface area contributed by atoms with Crippen LogP contribution in [0.15, 0.2) is 30.9 Å². The Morgan fingerprint density at radius 2 is 2.22 bits per heavy atom. The lowest BCUT2D eigenvalue weighted by Gasteiger charge is -2.14. The molecule has 126 valence electrons. The summed E-state index contributed by atoms with van der Waals surface area (Å²) in [6.45, 7) is 3.47. The second-order valence-corrected chi connectivity index (χ2v) is 4.72. The number of carbonyl (C=O) groups is 2. The summed E-state index contributed by atoms with van der Waals surface area (Å²) < 4.78 is 23.8. The van der Waals surface area contributed by atoms with Crippen molar-refractivity contribution < 1.29 is 28.6 Å². The summed E-state index contributed by atoms with van der Waals surface area (Å²) in [7, 11) is 1.36. The molecule has 1 unspecified atom stereocenters. The molecule has 0 fully saturated rings. The molecule has 0 spiro atoms. The van der Waals surface area contributed by atoms with Crippen LogP contribution in [0.2, 0.25) is 0 Å². The number of hydrogen-bond acceptors (Lipinski definition) is 4. The van der Waals surface area contributed by atoms with Gasteiger partial charge in [-0.25, -0.2) is 9.18 Å². The molecule has 6 nitrogen and oxygen atoms in total. The van der Waals surface area contributed by atoms with Gasteiger partial charge in [-0.2, -0.15) is 0 Å². The molecule has 0 bridgehead atoms. The van der Waals surface area contributed by atoms with E-state index in [1.165, 1.54) is 19.3 Å². The maximum atomic E-state index is 13.9. The molecule has 0 aliphatic rings. The third-order valence-electron chi connectivity index (χ3n) is 3.04. The first-order valence-electron chi connectivity index (χ1n) is 7.01. The van der Waals surface area contributed by atoms with Gasteiger partial charge < -0.3 is 19.9 Å². The second kappa shape index (κ2) is 9.58. The van der Waals surface area contributed by atoms with Crippen LogP contribution in [0.4, 0.5) is 4.39 Å². The molecule has 1 atom stereocenters. The van der Waals surface area contributed by atoms with Crippen LogP contribution in [-0.2, 0) is 20.7 Å². The number of ether oxygens (including phenoxy) is 2. The van der Waals surface area contributed by atoms with Crippen molar-refractivity contribution in [2.45, 2.75) is 18.9 Å². The Morgan fingerprint density at radius 1 is 1.48 bits per heavy atom. The first kappa shape index (κ1) is 18.6. The van der Waals surface area contributed by atoms with Gasteiger partial charge in [0.1, 0.15) is 0 Å². The van der Waals surface area contributed by atoms with Crippen molar-refractivity contribution in [3.63, 3.8) is 0 Å². The fourth-order valence-corrected chi connectivity index (χ4v) is 1.87. The van der Waals surface area contributed by atoms with Crippen LogP contribution in [0.25, 0.3) is 0 Å². The van der Waals surface area contributed by atoms with Crippen molar-refractivity contribution in [2.24, 2.45) is 0 Å². The van der Waals surface area contributed by atoms with E-state index in [4.69, 9.17) is 14.6 Å². The van der Waals surface area contributed by atoms with Crippen molar-refractivity contribution in [3.8, 4) is 5.75 Å². The van der Waals surface area contributed by atoms with Crippen LogP contribution in [0, 0.1) is 5.82 Å². The first-order chi connectivity index (χ1) is 11.0. The number of hydrogen-bond donors (Lipinski definition) is 2. The highest BCUT2D eigenvalue weighted by molar-refractivity contribution is 5.83. The minimum absolute atomic E-state index is 0.0463. The van der Waals surface area contributed by atoms with Crippen molar-refractivity contribution in [1.82, 2.24) is 5.32 Å². The summed E-state index contributed by atoms with van der Waals surface area (Å²) in [6.07, 6.45) is 1.57. The predicted octanol–water partition coefficient (Wildman–Crippen LogP) is 1.54. The number of methoxy groups -OCH3 is 1. The second-order valence-electron chi connectivity index (χ2n) is 4.72. The number of carbonyl (C=O) groups excluding carboxylic acids is 1. The molecule has 2 N–H and O–H groups in total. The molecule has 1 aromatic rings. The average Bonchev–Trinajstić information content (AvgIpc) is 2.53. The summed E-state index contributed by atoms with van der Waals surface area (Å²) >= 11 is 0. The molecule has 7 heteroatoms. The smallest absolute Gasteiger partial charge is 0.328 e. The van der Waals surface area contributed by atoms with E-state index in [-0.39, 0.29) is 31.8 Å². The number of aryl methyl sites for hydroxylation is 1. The van der Waals surface area contributed by atoms with Gasteiger partial charge >= 0.3 is 5.97 Å². The molecule has 0 aliphatic heterocycles. The number of carboxylic acids is 1. The number of benzene rings is 1. The van der Waals surface area contributed by atoms with E-state index in [1.807, 2.05) is 0 Å². The average molecular weight is 325 g/mol. The van der Waals surface area contributed by atoms with Gasteiger partial charge in [-0.1, -0.05) is 18.2 Å². The highest BCUT2D eigenvalue weighted by Gasteiger charge is 2.20. The first-order valence-corrected chi connectivity index (χ1v) is 7.01. The van der Waals surface area contributed by atoms with Gasteiger partial charge in [0.15, 0.2) is 17.6 Å². The summed E-state index contributed by atoms with van der Waals surface area (Å²) in [5, 5.41) is 11.4. The summed E-state index contributed by atoms with van der Waals surface area (Å²) in [4.78, 5) is 22.9. The predicted molar refractivity (Wildman–Crippen MR) is 81.9 cm³/mol. The van der Waals surface area contributed by atoms with Gasteiger partial charge in [0.25, 0.3) is 0 Å². The Bertz CT molecular complexity index is 561. The third-order valence-corrected chi connectivity index (χ3v) is 3.04. The van der Waals surface area contributed by atoms with E-state index in [0.29, 0.717) is 5.56 Å². The lowest BCUT2D eigenvalue weighted by molar-refractivity contribution is -0.143. The molecule has 0 saturated heterocycles. The quantitative estimate of drug-likeness (QED) is 0.503. The molecule has 1 aromatic carbocycles. The number of rotatable bonds is 10. The lowest BCUT2D eigenvalue weighted by atomic mass is 10.1. The number of carboxylic acid groups (broad SMARTS) is 1. The highest BCUT2D eigenvalue weighted by Crippen LogP contribution is 2.20. The largest absolute Gasteiger partial charge is 0.494 e. The molecular weight excluding hydrogens is 305 g/mol. The van der Waals surface area contributed by atoms with Crippen molar-refractivity contribution in [2.75, 3.05) is 20.3 Å². The monoisotopic (exact) mass is 325 g/mol. The van der Waals surface area contributed by atoms with Crippen LogP contribution in [0.5, 0.6) is 5.75 Å². The molecule has 1 rings (SSSR count). The van der Waals surface area contributed by atoms with Gasteiger partial charge in [0.2, 0.25) is 5.91 Å². The number of amides is 1. The summed E-state index contributed by atoms with van der Waals surface area (Å²) in [5.74, 6) is -2.12. The molecule has 1 amide bonds. The van der Waals surface area contributed by atoms with Crippen molar-refractivity contribution in [3.05, 3.63) is 42.2 Å². The molecule has 0 heterocycles. The third kappa shape index (κ3) is 6.07. The van der Waals surface area contributed by atoms with E-state index >= 15 is 0 Å². The number of nitrogens with one attached hydrogen (secondary N) is 1. The van der Waals surface area contributed by atoms with Crippen LogP contribution in [-0.4, -0.2) is 43.3 Å². The van der Waals surface area contributed by atoms with Crippen LogP contribution >= 0.6 is 0 Å². The van der Waals surface area contributed by atoms with Crippen molar-refractivity contribution >= 4 is 11.9 Å². The maximum Gasteiger partial charge on any atom is 0.328 e. The SMILES string of the molecule is C=CCOCC(NC(=O)CCc1cccc(OC)c1F)C(=O)O. The van der Waals surface area contributed by atoms with Crippen molar-refractivity contribution in [1.29, 1.82) is 0 Å².